The van der Waals surface area contributed by atoms with Crippen LogP contribution in [0.1, 0.15) is 22.6 Å². The molecule has 0 aliphatic carbocycles. The lowest BCUT2D eigenvalue weighted by atomic mass is 10.1. The largest absolute Gasteiger partial charge is 0.339 e. The molecule has 0 saturated carbocycles. The minimum atomic E-state index is 0.523. The zero-order chi connectivity index (χ0) is 13.8. The Morgan fingerprint density at radius 3 is 2.95 bits per heavy atom. The summed E-state index contributed by atoms with van der Waals surface area (Å²) >= 11 is 1.87. The Hall–Kier alpha value is -1.46. The molecule has 20 heavy (non-hydrogen) atoms. The summed E-state index contributed by atoms with van der Waals surface area (Å²) in [6.07, 6.45) is 6.05. The lowest BCUT2D eigenvalue weighted by Gasteiger charge is -2.33. The predicted octanol–water partition coefficient (Wildman–Crippen LogP) is 2.61. The second-order valence-electron chi connectivity index (χ2n) is 5.23. The van der Waals surface area contributed by atoms with E-state index in [0.29, 0.717) is 6.04 Å². The first kappa shape index (κ1) is 13.5. The first-order valence-corrected chi connectivity index (χ1v) is 7.93. The van der Waals surface area contributed by atoms with Gasteiger partial charge in [-0.05, 0) is 38.0 Å². The smallest absolute Gasteiger partial charge is 0.225 e. The number of hydrogen-bond acceptors (Lipinski definition) is 5. The highest BCUT2D eigenvalue weighted by Gasteiger charge is 2.21. The molecule has 4 nitrogen and oxygen atoms in total. The van der Waals surface area contributed by atoms with Crippen LogP contribution in [0.15, 0.2) is 30.6 Å². The van der Waals surface area contributed by atoms with Crippen molar-refractivity contribution in [2.75, 3.05) is 18.0 Å². The van der Waals surface area contributed by atoms with Gasteiger partial charge in [0.05, 0.1) is 0 Å². The quantitative estimate of drug-likeness (QED) is 0.939. The summed E-state index contributed by atoms with van der Waals surface area (Å²) in [4.78, 5) is 13.8. The highest BCUT2D eigenvalue weighted by Crippen LogP contribution is 2.18. The molecule has 0 aromatic carbocycles. The van der Waals surface area contributed by atoms with Crippen LogP contribution >= 0.6 is 11.3 Å². The minimum absolute atomic E-state index is 0.523. The molecule has 3 heterocycles. The fourth-order valence-electron chi connectivity index (χ4n) is 2.60. The average molecular weight is 288 g/mol. The minimum Gasteiger partial charge on any atom is -0.339 e. The molecule has 1 atom stereocenters. The molecule has 1 N–H and O–H groups in total. The van der Waals surface area contributed by atoms with Crippen molar-refractivity contribution in [3.8, 4) is 0 Å². The lowest BCUT2D eigenvalue weighted by Crippen LogP contribution is -2.46. The molecule has 1 aliphatic heterocycles. The number of hydrogen-bond donors (Lipinski definition) is 1. The molecule has 0 bridgehead atoms. The summed E-state index contributed by atoms with van der Waals surface area (Å²) in [7, 11) is 0. The van der Waals surface area contributed by atoms with Crippen molar-refractivity contribution < 1.29 is 0 Å². The molecule has 0 radical (unpaired) electrons. The third-order valence-corrected chi connectivity index (χ3v) is 4.62. The van der Waals surface area contributed by atoms with E-state index in [0.717, 1.165) is 25.6 Å². The van der Waals surface area contributed by atoms with Gasteiger partial charge >= 0.3 is 0 Å². The fraction of sp³-hybridized carbons (Fsp3) is 0.467. The van der Waals surface area contributed by atoms with Gasteiger partial charge in [0, 0.05) is 47.8 Å². The van der Waals surface area contributed by atoms with Gasteiger partial charge in [0.25, 0.3) is 0 Å². The number of nitrogens with zero attached hydrogens (tertiary/aromatic N) is 3. The van der Waals surface area contributed by atoms with Crippen molar-refractivity contribution in [2.45, 2.75) is 32.4 Å². The van der Waals surface area contributed by atoms with E-state index in [4.69, 9.17) is 0 Å². The van der Waals surface area contributed by atoms with Crippen LogP contribution < -0.4 is 10.2 Å². The van der Waals surface area contributed by atoms with Gasteiger partial charge in [-0.15, -0.1) is 11.3 Å². The second kappa shape index (κ2) is 6.33. The lowest BCUT2D eigenvalue weighted by molar-refractivity contribution is 0.419. The molecular weight excluding hydrogens is 268 g/mol. The van der Waals surface area contributed by atoms with E-state index >= 15 is 0 Å². The number of nitrogens with one attached hydrogen (secondary N) is 1. The summed E-state index contributed by atoms with van der Waals surface area (Å²) < 4.78 is 0. The van der Waals surface area contributed by atoms with Gasteiger partial charge in [-0.3, -0.25) is 0 Å². The van der Waals surface area contributed by atoms with E-state index in [9.17, 15) is 0 Å². The molecule has 0 spiro atoms. The molecule has 2 aromatic rings. The standard InChI is InChI=1S/C15H20N4S/c1-12-5-6-14(20-12)10-18-13-4-2-9-19(11-13)15-16-7-3-8-17-15/h3,5-8,13,18H,2,4,9-11H2,1H3. The van der Waals surface area contributed by atoms with Crippen LogP contribution in [0.5, 0.6) is 0 Å². The maximum absolute atomic E-state index is 4.35. The van der Waals surface area contributed by atoms with E-state index in [1.165, 1.54) is 22.6 Å². The number of aromatic nitrogens is 2. The zero-order valence-electron chi connectivity index (χ0n) is 11.7. The third kappa shape index (κ3) is 3.35. The number of rotatable bonds is 4. The van der Waals surface area contributed by atoms with Crippen LogP contribution in [-0.4, -0.2) is 29.1 Å². The highest BCUT2D eigenvalue weighted by atomic mass is 32.1. The van der Waals surface area contributed by atoms with Gasteiger partial charge in [0.1, 0.15) is 0 Å². The Bertz CT molecular complexity index is 540. The zero-order valence-corrected chi connectivity index (χ0v) is 12.6. The first-order valence-electron chi connectivity index (χ1n) is 7.12. The van der Waals surface area contributed by atoms with Gasteiger partial charge < -0.3 is 10.2 Å². The van der Waals surface area contributed by atoms with E-state index in [-0.39, 0.29) is 0 Å². The Balaban J connectivity index is 1.55. The molecule has 106 valence electrons. The number of anilines is 1. The molecule has 0 amide bonds. The van der Waals surface area contributed by atoms with Crippen molar-refractivity contribution in [3.63, 3.8) is 0 Å². The van der Waals surface area contributed by atoms with E-state index in [1.54, 1.807) is 0 Å². The summed E-state index contributed by atoms with van der Waals surface area (Å²) in [6, 6.07) is 6.79. The monoisotopic (exact) mass is 288 g/mol. The Morgan fingerprint density at radius 2 is 2.20 bits per heavy atom. The Labute approximate surface area is 123 Å². The van der Waals surface area contributed by atoms with Crippen molar-refractivity contribution >= 4 is 17.3 Å². The summed E-state index contributed by atoms with van der Waals surface area (Å²) in [5.74, 6) is 0.853. The highest BCUT2D eigenvalue weighted by molar-refractivity contribution is 7.11. The van der Waals surface area contributed by atoms with Crippen molar-refractivity contribution in [1.82, 2.24) is 15.3 Å². The maximum atomic E-state index is 4.35. The molecule has 1 fully saturated rings. The SMILES string of the molecule is Cc1ccc(CNC2CCCN(c3ncccn3)C2)s1. The van der Waals surface area contributed by atoms with Gasteiger partial charge in [-0.25, -0.2) is 9.97 Å². The molecule has 1 aliphatic rings. The maximum Gasteiger partial charge on any atom is 0.225 e. The van der Waals surface area contributed by atoms with Crippen LogP contribution in [0.3, 0.4) is 0 Å². The van der Waals surface area contributed by atoms with Crippen molar-refractivity contribution in [3.05, 3.63) is 40.3 Å². The summed E-state index contributed by atoms with van der Waals surface area (Å²) in [5, 5.41) is 3.66. The van der Waals surface area contributed by atoms with Crippen molar-refractivity contribution in [1.29, 1.82) is 0 Å². The van der Waals surface area contributed by atoms with Crippen LogP contribution in [0.25, 0.3) is 0 Å². The van der Waals surface area contributed by atoms with Crippen LogP contribution in [-0.2, 0) is 6.54 Å². The predicted molar refractivity (Wildman–Crippen MR) is 83.2 cm³/mol. The Kier molecular flexibility index (Phi) is 4.28. The Morgan fingerprint density at radius 1 is 1.35 bits per heavy atom. The fourth-order valence-corrected chi connectivity index (χ4v) is 3.45. The van der Waals surface area contributed by atoms with E-state index in [1.807, 2.05) is 29.8 Å². The van der Waals surface area contributed by atoms with E-state index < -0.39 is 0 Å². The van der Waals surface area contributed by atoms with Crippen LogP contribution in [0.2, 0.25) is 0 Å². The molecule has 5 heteroatoms. The summed E-state index contributed by atoms with van der Waals surface area (Å²) in [6.45, 7) is 5.17. The van der Waals surface area contributed by atoms with Gasteiger partial charge in [-0.2, -0.15) is 0 Å². The van der Waals surface area contributed by atoms with Crippen molar-refractivity contribution in [2.24, 2.45) is 0 Å². The third-order valence-electron chi connectivity index (χ3n) is 3.62. The number of piperidine rings is 1. The molecule has 1 unspecified atom stereocenters. The average Bonchev–Trinajstić information content (AvgIpc) is 2.92. The number of thiophene rings is 1. The second-order valence-corrected chi connectivity index (χ2v) is 6.60. The van der Waals surface area contributed by atoms with Crippen LogP contribution in [0.4, 0.5) is 5.95 Å². The molecular formula is C15H20N4S. The number of aryl methyl sites for hydroxylation is 1. The van der Waals surface area contributed by atoms with Gasteiger partial charge in [0.2, 0.25) is 5.95 Å². The topological polar surface area (TPSA) is 41.0 Å². The molecule has 1 saturated heterocycles. The molecule has 3 rings (SSSR count). The normalized spacial score (nSPS) is 19.2. The van der Waals surface area contributed by atoms with Crippen LogP contribution in [0, 0.1) is 6.92 Å². The summed E-state index contributed by atoms with van der Waals surface area (Å²) in [5.41, 5.74) is 0. The van der Waals surface area contributed by atoms with Gasteiger partial charge in [0.15, 0.2) is 0 Å². The van der Waals surface area contributed by atoms with E-state index in [2.05, 4.69) is 39.2 Å². The molecule has 2 aromatic heterocycles. The first-order chi connectivity index (χ1) is 9.81. The van der Waals surface area contributed by atoms with Gasteiger partial charge in [-0.1, -0.05) is 0 Å².